The molecule has 4 heteroatoms. The second kappa shape index (κ2) is 3.75. The summed E-state index contributed by atoms with van der Waals surface area (Å²) in [5.74, 6) is -1.47. The lowest BCUT2D eigenvalue weighted by molar-refractivity contribution is 0.0985. The zero-order valence-electron chi connectivity index (χ0n) is 6.97. The summed E-state index contributed by atoms with van der Waals surface area (Å²) in [5.41, 5.74) is 0.0638. The van der Waals surface area contributed by atoms with Crippen molar-refractivity contribution in [3.05, 3.63) is 28.5 Å². The van der Waals surface area contributed by atoms with Crippen molar-refractivity contribution in [2.45, 2.75) is 13.3 Å². The van der Waals surface area contributed by atoms with Crippen LogP contribution >= 0.6 is 11.6 Å². The van der Waals surface area contributed by atoms with Crippen molar-refractivity contribution in [1.82, 2.24) is 0 Å². The molecule has 1 aromatic rings. The minimum Gasteiger partial charge on any atom is -0.506 e. The third-order valence-corrected chi connectivity index (χ3v) is 2.05. The van der Waals surface area contributed by atoms with E-state index in [9.17, 15) is 14.3 Å². The number of aromatic hydroxyl groups is 1. The lowest BCUT2D eigenvalue weighted by Gasteiger charge is -2.03. The van der Waals surface area contributed by atoms with E-state index in [-0.39, 0.29) is 17.8 Å². The van der Waals surface area contributed by atoms with Gasteiger partial charge in [0.1, 0.15) is 16.6 Å². The Hall–Kier alpha value is -1.09. The largest absolute Gasteiger partial charge is 0.506 e. The van der Waals surface area contributed by atoms with Crippen molar-refractivity contribution in [2.24, 2.45) is 0 Å². The van der Waals surface area contributed by atoms with Crippen LogP contribution in [0.4, 0.5) is 4.39 Å². The van der Waals surface area contributed by atoms with Gasteiger partial charge in [0.05, 0.1) is 5.56 Å². The maximum atomic E-state index is 12.7. The molecule has 0 aliphatic heterocycles. The minimum atomic E-state index is -0.730. The van der Waals surface area contributed by atoms with Gasteiger partial charge in [-0.2, -0.15) is 0 Å². The number of halogens is 2. The molecule has 1 N–H and O–H groups in total. The number of phenols is 1. The number of Topliss-reactive ketones (excluding diaryl/α,β-unsaturated/α-hetero) is 1. The number of ketones is 1. The first kappa shape index (κ1) is 9.99. The van der Waals surface area contributed by atoms with Gasteiger partial charge in [-0.1, -0.05) is 18.5 Å². The number of hydrogen-bond donors (Lipinski definition) is 1. The van der Waals surface area contributed by atoms with Crippen LogP contribution in [0.15, 0.2) is 12.1 Å². The number of rotatable bonds is 2. The van der Waals surface area contributed by atoms with Gasteiger partial charge in [0, 0.05) is 6.42 Å². The van der Waals surface area contributed by atoms with E-state index in [4.69, 9.17) is 11.6 Å². The Morgan fingerprint density at radius 3 is 2.77 bits per heavy atom. The average molecular weight is 203 g/mol. The molecule has 0 saturated carbocycles. The maximum Gasteiger partial charge on any atom is 0.166 e. The summed E-state index contributed by atoms with van der Waals surface area (Å²) in [7, 11) is 0. The Labute approximate surface area is 80.0 Å². The molecule has 0 aliphatic rings. The first-order valence-electron chi connectivity index (χ1n) is 3.78. The molecule has 13 heavy (non-hydrogen) atoms. The van der Waals surface area contributed by atoms with E-state index in [1.807, 2.05) is 0 Å². The van der Waals surface area contributed by atoms with Gasteiger partial charge in [-0.05, 0) is 12.1 Å². The lowest BCUT2D eigenvalue weighted by Crippen LogP contribution is -1.97. The fourth-order valence-electron chi connectivity index (χ4n) is 0.955. The predicted octanol–water partition coefficient (Wildman–Crippen LogP) is 2.78. The lowest BCUT2D eigenvalue weighted by atomic mass is 10.1. The molecular weight excluding hydrogens is 195 g/mol. The molecule has 0 atom stereocenters. The molecule has 0 saturated heterocycles. The quantitative estimate of drug-likeness (QED) is 0.749. The van der Waals surface area contributed by atoms with Crippen LogP contribution in [0.5, 0.6) is 5.75 Å². The van der Waals surface area contributed by atoms with Crippen LogP contribution in [0.1, 0.15) is 23.7 Å². The molecule has 70 valence electrons. The predicted molar refractivity (Wildman–Crippen MR) is 47.7 cm³/mol. The summed E-state index contributed by atoms with van der Waals surface area (Å²) in [6.45, 7) is 1.65. The Kier molecular flexibility index (Phi) is 2.88. The van der Waals surface area contributed by atoms with Crippen LogP contribution < -0.4 is 0 Å². The number of carbonyl (C=O) groups is 1. The smallest absolute Gasteiger partial charge is 0.166 e. The highest BCUT2D eigenvalue weighted by molar-refractivity contribution is 6.32. The van der Waals surface area contributed by atoms with Crippen LogP contribution in [-0.2, 0) is 0 Å². The van der Waals surface area contributed by atoms with E-state index in [0.717, 1.165) is 6.07 Å². The summed E-state index contributed by atoms with van der Waals surface area (Å²) in [4.78, 5) is 11.2. The van der Waals surface area contributed by atoms with Crippen LogP contribution in [-0.4, -0.2) is 10.9 Å². The first-order valence-corrected chi connectivity index (χ1v) is 4.16. The van der Waals surface area contributed by atoms with Crippen molar-refractivity contribution >= 4 is 17.4 Å². The number of carbonyl (C=O) groups excluding carboxylic acids is 1. The van der Waals surface area contributed by atoms with Gasteiger partial charge in [0.15, 0.2) is 5.78 Å². The minimum absolute atomic E-state index is 0.0638. The van der Waals surface area contributed by atoms with E-state index >= 15 is 0 Å². The first-order chi connectivity index (χ1) is 6.07. The zero-order chi connectivity index (χ0) is 10.0. The van der Waals surface area contributed by atoms with E-state index < -0.39 is 16.6 Å². The van der Waals surface area contributed by atoms with Gasteiger partial charge < -0.3 is 5.11 Å². The SMILES string of the molecule is CCC(=O)c1ccc(F)c(Cl)c1O. The normalized spacial score (nSPS) is 10.1. The van der Waals surface area contributed by atoms with Crippen molar-refractivity contribution in [3.8, 4) is 5.75 Å². The Morgan fingerprint density at radius 2 is 2.23 bits per heavy atom. The summed E-state index contributed by atoms with van der Waals surface area (Å²) in [6, 6.07) is 2.29. The monoisotopic (exact) mass is 202 g/mol. The number of phenolic OH excluding ortho intramolecular Hbond substituents is 1. The fraction of sp³-hybridized carbons (Fsp3) is 0.222. The molecule has 1 rings (SSSR count). The van der Waals surface area contributed by atoms with Crippen molar-refractivity contribution in [2.75, 3.05) is 0 Å². The van der Waals surface area contributed by atoms with Crippen LogP contribution in [0.2, 0.25) is 5.02 Å². The average Bonchev–Trinajstić information content (AvgIpc) is 2.13. The third-order valence-electron chi connectivity index (χ3n) is 1.69. The number of benzene rings is 1. The van der Waals surface area contributed by atoms with Gasteiger partial charge in [-0.25, -0.2) is 4.39 Å². The molecule has 1 aromatic carbocycles. The Balaban J connectivity index is 3.26. The molecular formula is C9H8ClFO2. The Morgan fingerprint density at radius 1 is 1.62 bits per heavy atom. The molecule has 0 amide bonds. The summed E-state index contributed by atoms with van der Waals surface area (Å²) < 4.78 is 12.7. The van der Waals surface area contributed by atoms with Crippen LogP contribution in [0.3, 0.4) is 0 Å². The molecule has 0 radical (unpaired) electrons. The molecule has 2 nitrogen and oxygen atoms in total. The second-order valence-corrected chi connectivity index (χ2v) is 2.91. The van der Waals surface area contributed by atoms with Gasteiger partial charge in [0.25, 0.3) is 0 Å². The highest BCUT2D eigenvalue weighted by Gasteiger charge is 2.14. The topological polar surface area (TPSA) is 37.3 Å². The second-order valence-electron chi connectivity index (χ2n) is 2.53. The van der Waals surface area contributed by atoms with Gasteiger partial charge in [-0.15, -0.1) is 0 Å². The van der Waals surface area contributed by atoms with Gasteiger partial charge in [-0.3, -0.25) is 4.79 Å². The van der Waals surface area contributed by atoms with Gasteiger partial charge >= 0.3 is 0 Å². The standard InChI is InChI=1S/C9H8ClFO2/c1-2-7(12)5-3-4-6(11)8(10)9(5)13/h3-4,13H,2H2,1H3. The van der Waals surface area contributed by atoms with E-state index in [1.165, 1.54) is 6.07 Å². The molecule has 0 spiro atoms. The highest BCUT2D eigenvalue weighted by atomic mass is 35.5. The molecule has 0 fully saturated rings. The molecule has 0 heterocycles. The van der Waals surface area contributed by atoms with Gasteiger partial charge in [0.2, 0.25) is 0 Å². The summed E-state index contributed by atoms with van der Waals surface area (Å²) in [6.07, 6.45) is 0.246. The third kappa shape index (κ3) is 1.80. The summed E-state index contributed by atoms with van der Waals surface area (Å²) in [5, 5.41) is 8.88. The van der Waals surface area contributed by atoms with E-state index in [1.54, 1.807) is 6.92 Å². The number of hydrogen-bond acceptors (Lipinski definition) is 2. The summed E-state index contributed by atoms with van der Waals surface area (Å²) >= 11 is 5.41. The highest BCUT2D eigenvalue weighted by Crippen LogP contribution is 2.30. The zero-order valence-corrected chi connectivity index (χ0v) is 7.73. The Bertz CT molecular complexity index is 350. The van der Waals surface area contributed by atoms with Crippen LogP contribution in [0.25, 0.3) is 0 Å². The van der Waals surface area contributed by atoms with E-state index in [0.29, 0.717) is 0 Å². The van der Waals surface area contributed by atoms with Crippen LogP contribution in [0, 0.1) is 5.82 Å². The molecule has 0 aromatic heterocycles. The van der Waals surface area contributed by atoms with Crippen molar-refractivity contribution in [1.29, 1.82) is 0 Å². The molecule has 0 unspecified atom stereocenters. The maximum absolute atomic E-state index is 12.7. The van der Waals surface area contributed by atoms with Crippen molar-refractivity contribution in [3.63, 3.8) is 0 Å². The molecule has 0 bridgehead atoms. The van der Waals surface area contributed by atoms with Crippen molar-refractivity contribution < 1.29 is 14.3 Å². The fourth-order valence-corrected chi connectivity index (χ4v) is 1.12. The molecule has 0 aliphatic carbocycles. The van der Waals surface area contributed by atoms with E-state index in [2.05, 4.69) is 0 Å².